The molecule has 1 saturated carbocycles. The average molecular weight is 542 g/mol. The zero-order chi connectivity index (χ0) is 27.6. The molecule has 2 heterocycles. The maximum absolute atomic E-state index is 13.5. The molecule has 0 unspecified atom stereocenters. The fraction of sp³-hybridized carbons (Fsp3) is 0.444. The van der Waals surface area contributed by atoms with Crippen molar-refractivity contribution in [3.05, 3.63) is 64.2 Å². The number of hydrogen-bond donors (Lipinski definition) is 2. The summed E-state index contributed by atoms with van der Waals surface area (Å²) in [5.74, 6) is -0.0941. The van der Waals surface area contributed by atoms with Crippen LogP contribution in [0.5, 0.6) is 0 Å². The Bertz CT molecular complexity index is 1480. The Hall–Kier alpha value is -3.28. The van der Waals surface area contributed by atoms with Gasteiger partial charge in [0, 0.05) is 49.5 Å². The minimum atomic E-state index is -3.67. The van der Waals surface area contributed by atoms with Gasteiger partial charge in [-0.3, -0.25) is 23.6 Å². The summed E-state index contributed by atoms with van der Waals surface area (Å²) in [4.78, 5) is 35.4. The van der Waals surface area contributed by atoms with E-state index in [1.165, 1.54) is 0 Å². The minimum Gasteiger partial charge on any atom is -0.369 e. The molecule has 0 bridgehead atoms. The van der Waals surface area contributed by atoms with Gasteiger partial charge in [-0.1, -0.05) is 6.07 Å². The van der Waals surface area contributed by atoms with Gasteiger partial charge in [-0.25, -0.2) is 4.98 Å². The average Bonchev–Trinajstić information content (AvgIpc) is 3.68. The van der Waals surface area contributed by atoms with E-state index in [2.05, 4.69) is 40.0 Å². The Morgan fingerprint density at radius 3 is 2.34 bits per heavy atom. The molecule has 2 fully saturated rings. The molecule has 0 atom stereocenters. The smallest absolute Gasteiger partial charge is 0.265 e. The summed E-state index contributed by atoms with van der Waals surface area (Å²) in [5, 5.41) is 3.61. The minimum absolute atomic E-state index is 0.0941. The largest absolute Gasteiger partial charge is 0.369 e. The molecule has 3 aromatic rings. The van der Waals surface area contributed by atoms with Crippen LogP contribution in [0, 0.1) is 6.92 Å². The summed E-state index contributed by atoms with van der Waals surface area (Å²) in [6, 6.07) is 12.3. The number of piperazine rings is 1. The highest BCUT2D eigenvalue weighted by atomic mass is 32.2. The maximum Gasteiger partial charge on any atom is 0.265 e. The van der Waals surface area contributed by atoms with Crippen molar-refractivity contribution in [1.82, 2.24) is 19.8 Å². The van der Waals surface area contributed by atoms with Crippen LogP contribution in [0.4, 0.5) is 5.69 Å². The fourth-order valence-corrected chi connectivity index (χ4v) is 4.48. The summed E-state index contributed by atoms with van der Waals surface area (Å²) in [7, 11) is -3.67. The van der Waals surface area contributed by atoms with Crippen LogP contribution >= 0.6 is 0 Å². The normalized spacial score (nSPS) is 16.3. The van der Waals surface area contributed by atoms with E-state index in [4.69, 9.17) is 4.55 Å². The number of aromatic nitrogens is 2. The first-order valence-electron chi connectivity index (χ1n) is 12.8. The molecule has 1 amide bonds. The number of nitrogens with zero attached hydrogens (tertiary/aromatic N) is 4. The quantitative estimate of drug-likeness (QED) is 0.473. The Labute approximate surface area is 223 Å². The number of aryl methyl sites for hydroxylation is 1. The van der Waals surface area contributed by atoms with Gasteiger partial charge in [0.2, 0.25) is 0 Å². The molecule has 1 aromatic heterocycles. The number of benzene rings is 2. The highest BCUT2D eigenvalue weighted by Gasteiger charge is 2.24. The van der Waals surface area contributed by atoms with Crippen LogP contribution in [0.1, 0.15) is 42.6 Å². The second-order valence-electron chi connectivity index (χ2n) is 10.2. The molecule has 0 radical (unpaired) electrons. The van der Waals surface area contributed by atoms with E-state index >= 15 is 0 Å². The highest BCUT2D eigenvalue weighted by Crippen LogP contribution is 2.23. The number of rotatable bonds is 5. The number of carbonyl (C=O) groups excluding carboxylic acids is 1. The van der Waals surface area contributed by atoms with Crippen LogP contribution in [0.25, 0.3) is 16.6 Å². The van der Waals surface area contributed by atoms with E-state index in [1.54, 1.807) is 17.0 Å². The second kappa shape index (κ2) is 11.2. The summed E-state index contributed by atoms with van der Waals surface area (Å²) in [6.45, 7) is 10.3. The molecule has 1 aliphatic carbocycles. The van der Waals surface area contributed by atoms with Crippen LogP contribution in [0.2, 0.25) is 0 Å². The third-order valence-electron chi connectivity index (χ3n) is 6.79. The fourth-order valence-electron chi connectivity index (χ4n) is 4.48. The lowest BCUT2D eigenvalue weighted by molar-refractivity contribution is 0.0951. The molecule has 10 nitrogen and oxygen atoms in total. The van der Waals surface area contributed by atoms with Gasteiger partial charge in [-0.2, -0.15) is 8.42 Å². The number of anilines is 1. The van der Waals surface area contributed by atoms with Crippen molar-refractivity contribution in [3.63, 3.8) is 0 Å². The zero-order valence-electron chi connectivity index (χ0n) is 22.2. The lowest BCUT2D eigenvalue weighted by Crippen LogP contribution is -2.48. The topological polar surface area (TPSA) is 125 Å². The number of amides is 1. The standard InChI is InChI=1S/C26H31N5O2.CH4O3S/c1-17(2)29-10-12-30(13-11-29)21-8-9-23-22(15-21)26(33)31(16-27-23)24-14-19(5-4-18(24)3)25(32)28-20-6-7-20;1-5(2,3)4/h4-5,8-9,14-17,20H,6-7,10-13H2,1-3H3,(H,28,32);1H3,(H,2,3,4). The zero-order valence-corrected chi connectivity index (χ0v) is 23.0. The molecule has 204 valence electrons. The first kappa shape index (κ1) is 27.7. The third-order valence-corrected chi connectivity index (χ3v) is 6.79. The van der Waals surface area contributed by atoms with Crippen molar-refractivity contribution in [2.75, 3.05) is 37.3 Å². The Morgan fingerprint density at radius 2 is 1.74 bits per heavy atom. The van der Waals surface area contributed by atoms with Crippen LogP contribution < -0.4 is 15.8 Å². The van der Waals surface area contributed by atoms with Crippen LogP contribution in [0.15, 0.2) is 47.5 Å². The van der Waals surface area contributed by atoms with Gasteiger partial charge in [0.25, 0.3) is 21.6 Å². The number of fused-ring (bicyclic) bond motifs is 1. The molecule has 5 rings (SSSR count). The molecule has 38 heavy (non-hydrogen) atoms. The molecule has 2 aromatic carbocycles. The molecular formula is C27H35N5O5S. The molecule has 0 spiro atoms. The SMILES string of the molecule is CS(=O)(=O)O.Cc1ccc(C(=O)NC2CC2)cc1-n1cnc2ccc(N3CCN(C(C)C)CC3)cc2c1=O. The number of nitrogens with one attached hydrogen (secondary N) is 1. The van der Waals surface area contributed by atoms with Crippen molar-refractivity contribution in [1.29, 1.82) is 0 Å². The van der Waals surface area contributed by atoms with Gasteiger partial charge >= 0.3 is 0 Å². The maximum atomic E-state index is 13.5. The second-order valence-corrected chi connectivity index (χ2v) is 11.7. The van der Waals surface area contributed by atoms with E-state index < -0.39 is 10.1 Å². The van der Waals surface area contributed by atoms with Crippen molar-refractivity contribution in [2.45, 2.75) is 45.7 Å². The van der Waals surface area contributed by atoms with Crippen LogP contribution in [0.3, 0.4) is 0 Å². The lowest BCUT2D eigenvalue weighted by Gasteiger charge is -2.38. The van der Waals surface area contributed by atoms with Crippen LogP contribution in [-0.4, -0.2) is 77.8 Å². The van der Waals surface area contributed by atoms with Crippen molar-refractivity contribution < 1.29 is 17.8 Å². The van der Waals surface area contributed by atoms with Crippen LogP contribution in [-0.2, 0) is 10.1 Å². The molecule has 11 heteroatoms. The van der Waals surface area contributed by atoms with Gasteiger partial charge < -0.3 is 10.2 Å². The summed E-state index contributed by atoms with van der Waals surface area (Å²) >= 11 is 0. The number of carbonyl (C=O) groups is 1. The Kier molecular flexibility index (Phi) is 8.19. The predicted molar refractivity (Wildman–Crippen MR) is 149 cm³/mol. The summed E-state index contributed by atoms with van der Waals surface area (Å²) in [5.41, 5.74) is 3.78. The van der Waals surface area contributed by atoms with E-state index in [0.717, 1.165) is 50.3 Å². The van der Waals surface area contributed by atoms with E-state index in [1.807, 2.05) is 31.2 Å². The molecule has 2 aliphatic rings. The number of hydrogen-bond acceptors (Lipinski definition) is 7. The van der Waals surface area contributed by atoms with Crippen molar-refractivity contribution >= 4 is 32.6 Å². The highest BCUT2D eigenvalue weighted by molar-refractivity contribution is 7.85. The molecule has 1 aliphatic heterocycles. The first-order valence-corrected chi connectivity index (χ1v) is 14.6. The molecule has 1 saturated heterocycles. The van der Waals surface area contributed by atoms with Crippen molar-refractivity contribution in [2.24, 2.45) is 0 Å². The Morgan fingerprint density at radius 1 is 1.08 bits per heavy atom. The van der Waals surface area contributed by atoms with E-state index in [9.17, 15) is 18.0 Å². The van der Waals surface area contributed by atoms with Gasteiger partial charge in [-0.15, -0.1) is 0 Å². The lowest BCUT2D eigenvalue weighted by atomic mass is 10.1. The first-order chi connectivity index (χ1) is 17.9. The molecular weight excluding hydrogens is 506 g/mol. The van der Waals surface area contributed by atoms with E-state index in [0.29, 0.717) is 34.5 Å². The monoisotopic (exact) mass is 541 g/mol. The summed E-state index contributed by atoms with van der Waals surface area (Å²) in [6.07, 6.45) is 4.35. The Balaban J connectivity index is 0.000000617. The van der Waals surface area contributed by atoms with Gasteiger partial charge in [-0.05, 0) is 69.5 Å². The predicted octanol–water partition coefficient (Wildman–Crippen LogP) is 2.62. The molecule has 2 N–H and O–H groups in total. The third kappa shape index (κ3) is 6.97. The van der Waals surface area contributed by atoms with E-state index in [-0.39, 0.29) is 17.5 Å². The summed E-state index contributed by atoms with van der Waals surface area (Å²) < 4.78 is 27.4. The van der Waals surface area contributed by atoms with Crippen molar-refractivity contribution in [3.8, 4) is 5.69 Å². The van der Waals surface area contributed by atoms with Gasteiger partial charge in [0.05, 0.1) is 22.8 Å². The van der Waals surface area contributed by atoms with Gasteiger partial charge in [0.1, 0.15) is 6.33 Å². The van der Waals surface area contributed by atoms with Gasteiger partial charge in [0.15, 0.2) is 0 Å².